The number of hydrogen-bond donors (Lipinski definition) is 0. The highest BCUT2D eigenvalue weighted by Crippen LogP contribution is 2.21. The lowest BCUT2D eigenvalue weighted by molar-refractivity contribution is 0.0987. The summed E-state index contributed by atoms with van der Waals surface area (Å²) in [4.78, 5) is 13.2. The van der Waals surface area contributed by atoms with E-state index >= 15 is 0 Å². The highest BCUT2D eigenvalue weighted by Gasteiger charge is 2.17. The molecular weight excluding hydrogens is 206 g/mol. The van der Waals surface area contributed by atoms with Crippen molar-refractivity contribution in [1.29, 1.82) is 0 Å². The van der Waals surface area contributed by atoms with Crippen LogP contribution >= 0.6 is 0 Å². The molecule has 0 bridgehead atoms. The Labute approximate surface area is 96.2 Å². The predicted octanol–water partition coefficient (Wildman–Crippen LogP) is 2.34. The van der Waals surface area contributed by atoms with E-state index in [4.69, 9.17) is 9.15 Å². The first-order valence-electron chi connectivity index (χ1n) is 5.46. The number of likely N-dealkylation sites (N-methyl/N-ethyl adjacent to an activating group) is 1. The summed E-state index contributed by atoms with van der Waals surface area (Å²) in [7, 11) is 1.67. The molecule has 1 heterocycles. The van der Waals surface area contributed by atoms with Crippen LogP contribution in [0.5, 0.6) is 0 Å². The first-order valence-corrected chi connectivity index (χ1v) is 5.46. The number of methoxy groups -OCH3 is 1. The van der Waals surface area contributed by atoms with E-state index in [2.05, 4.69) is 11.8 Å². The van der Waals surface area contributed by atoms with Gasteiger partial charge in [0.25, 0.3) is 0 Å². The molecule has 0 N–H and O–H groups in total. The third kappa shape index (κ3) is 2.85. The second kappa shape index (κ2) is 5.70. The van der Waals surface area contributed by atoms with E-state index in [1.54, 1.807) is 13.2 Å². The maximum absolute atomic E-state index is 11.1. The van der Waals surface area contributed by atoms with Gasteiger partial charge in [-0.1, -0.05) is 0 Å². The molecule has 0 fully saturated rings. The van der Waals surface area contributed by atoms with Crippen molar-refractivity contribution in [3.63, 3.8) is 0 Å². The minimum Gasteiger partial charge on any atom is -0.437 e. The molecule has 1 unspecified atom stereocenters. The summed E-state index contributed by atoms with van der Waals surface area (Å²) >= 11 is 0. The Morgan fingerprint density at radius 1 is 1.56 bits per heavy atom. The lowest BCUT2D eigenvalue weighted by atomic mass is 10.3. The number of furan rings is 1. The van der Waals surface area contributed by atoms with Crippen LogP contribution in [0.4, 0.5) is 5.88 Å². The largest absolute Gasteiger partial charge is 0.437 e. The molecule has 0 aliphatic heterocycles. The van der Waals surface area contributed by atoms with Gasteiger partial charge in [-0.05, 0) is 19.9 Å². The van der Waals surface area contributed by atoms with Crippen molar-refractivity contribution in [2.24, 2.45) is 0 Å². The number of carbonyl (C=O) groups is 1. The molecule has 1 rings (SSSR count). The van der Waals surface area contributed by atoms with E-state index in [1.165, 1.54) is 6.92 Å². The molecule has 1 aromatic rings. The lowest BCUT2D eigenvalue weighted by Crippen LogP contribution is -2.35. The Morgan fingerprint density at radius 3 is 2.69 bits per heavy atom. The average Bonchev–Trinajstić information content (AvgIpc) is 2.68. The van der Waals surface area contributed by atoms with Crippen LogP contribution < -0.4 is 4.90 Å². The molecule has 16 heavy (non-hydrogen) atoms. The van der Waals surface area contributed by atoms with Gasteiger partial charge >= 0.3 is 0 Å². The number of hydrogen-bond acceptors (Lipinski definition) is 4. The van der Waals surface area contributed by atoms with E-state index in [0.29, 0.717) is 12.4 Å². The van der Waals surface area contributed by atoms with Crippen molar-refractivity contribution in [2.45, 2.75) is 26.8 Å². The molecule has 0 radical (unpaired) electrons. The number of carbonyl (C=O) groups excluding carboxylic acids is 1. The fraction of sp³-hybridized carbons (Fsp3) is 0.583. The van der Waals surface area contributed by atoms with E-state index in [1.807, 2.05) is 13.0 Å². The van der Waals surface area contributed by atoms with E-state index in [-0.39, 0.29) is 11.8 Å². The van der Waals surface area contributed by atoms with Gasteiger partial charge < -0.3 is 14.1 Å². The molecule has 0 aliphatic carbocycles. The Kier molecular flexibility index (Phi) is 4.55. The average molecular weight is 225 g/mol. The van der Waals surface area contributed by atoms with Crippen molar-refractivity contribution in [3.05, 3.63) is 17.9 Å². The maximum Gasteiger partial charge on any atom is 0.196 e. The number of Topliss-reactive ketones (excluding diaryl/α,β-unsaturated/α-hetero) is 1. The SMILES string of the molecule is CCN(c1ccc(C(C)=O)o1)C(C)COC. The molecule has 4 nitrogen and oxygen atoms in total. The topological polar surface area (TPSA) is 42.7 Å². The quantitative estimate of drug-likeness (QED) is 0.697. The standard InChI is InChI=1S/C12H19NO3/c1-5-13(9(2)8-15-4)12-7-6-11(16-12)10(3)14/h6-7,9H,5,8H2,1-4H3. The zero-order chi connectivity index (χ0) is 12.1. The van der Waals surface area contributed by atoms with Crippen LogP contribution in [0.15, 0.2) is 16.5 Å². The lowest BCUT2D eigenvalue weighted by Gasteiger charge is -2.26. The Bertz CT molecular complexity index is 346. The van der Waals surface area contributed by atoms with Crippen molar-refractivity contribution in [2.75, 3.05) is 25.2 Å². The van der Waals surface area contributed by atoms with Gasteiger partial charge in [0.1, 0.15) is 0 Å². The van der Waals surface area contributed by atoms with Crippen LogP contribution in [0.1, 0.15) is 31.3 Å². The molecular formula is C12H19NO3. The first kappa shape index (κ1) is 12.8. The minimum atomic E-state index is -0.0540. The van der Waals surface area contributed by atoms with Crippen LogP contribution in [0.2, 0.25) is 0 Å². The summed E-state index contributed by atoms with van der Waals surface area (Å²) in [6.07, 6.45) is 0. The smallest absolute Gasteiger partial charge is 0.196 e. The van der Waals surface area contributed by atoms with Gasteiger partial charge in [-0.3, -0.25) is 4.79 Å². The monoisotopic (exact) mass is 225 g/mol. The van der Waals surface area contributed by atoms with Gasteiger partial charge in [-0.25, -0.2) is 0 Å². The van der Waals surface area contributed by atoms with Crippen molar-refractivity contribution in [3.8, 4) is 0 Å². The fourth-order valence-corrected chi connectivity index (χ4v) is 1.69. The molecule has 4 heteroatoms. The van der Waals surface area contributed by atoms with Gasteiger partial charge in [0.2, 0.25) is 0 Å². The van der Waals surface area contributed by atoms with Gasteiger partial charge in [0.05, 0.1) is 12.6 Å². The van der Waals surface area contributed by atoms with Crippen molar-refractivity contribution >= 4 is 11.7 Å². The summed E-state index contributed by atoms with van der Waals surface area (Å²) in [5.41, 5.74) is 0. The number of rotatable bonds is 6. The zero-order valence-corrected chi connectivity index (χ0v) is 10.3. The maximum atomic E-state index is 11.1. The highest BCUT2D eigenvalue weighted by atomic mass is 16.5. The van der Waals surface area contributed by atoms with E-state index in [9.17, 15) is 4.79 Å². The molecule has 0 saturated heterocycles. The molecule has 90 valence electrons. The van der Waals surface area contributed by atoms with Crippen LogP contribution in [0.3, 0.4) is 0 Å². The third-order valence-corrected chi connectivity index (χ3v) is 2.50. The summed E-state index contributed by atoms with van der Waals surface area (Å²) in [5.74, 6) is 1.07. The second-order valence-corrected chi connectivity index (χ2v) is 3.78. The Morgan fingerprint density at radius 2 is 2.25 bits per heavy atom. The van der Waals surface area contributed by atoms with E-state index in [0.717, 1.165) is 12.4 Å². The predicted molar refractivity (Wildman–Crippen MR) is 63.1 cm³/mol. The Hall–Kier alpha value is -1.29. The molecule has 0 amide bonds. The van der Waals surface area contributed by atoms with Gasteiger partial charge in [0, 0.05) is 26.6 Å². The fourth-order valence-electron chi connectivity index (χ4n) is 1.69. The number of ketones is 1. The van der Waals surface area contributed by atoms with Gasteiger partial charge in [-0.2, -0.15) is 0 Å². The van der Waals surface area contributed by atoms with Crippen LogP contribution in [0.25, 0.3) is 0 Å². The van der Waals surface area contributed by atoms with E-state index < -0.39 is 0 Å². The zero-order valence-electron chi connectivity index (χ0n) is 10.3. The number of anilines is 1. The summed E-state index contributed by atoms with van der Waals surface area (Å²) in [6, 6.07) is 3.76. The summed E-state index contributed by atoms with van der Waals surface area (Å²) in [5, 5.41) is 0. The van der Waals surface area contributed by atoms with Crippen LogP contribution in [-0.4, -0.2) is 32.1 Å². The van der Waals surface area contributed by atoms with Crippen LogP contribution in [-0.2, 0) is 4.74 Å². The Balaban J connectivity index is 2.82. The highest BCUT2D eigenvalue weighted by molar-refractivity contribution is 5.91. The molecule has 0 aliphatic rings. The van der Waals surface area contributed by atoms with Gasteiger partial charge in [0.15, 0.2) is 17.4 Å². The normalized spacial score (nSPS) is 12.5. The van der Waals surface area contributed by atoms with Crippen molar-refractivity contribution < 1.29 is 13.9 Å². The summed E-state index contributed by atoms with van der Waals surface area (Å²) < 4.78 is 10.6. The summed E-state index contributed by atoms with van der Waals surface area (Å²) in [6.45, 7) is 7.04. The molecule has 0 aromatic carbocycles. The first-order chi connectivity index (χ1) is 7.60. The molecule has 1 atom stereocenters. The van der Waals surface area contributed by atoms with Crippen molar-refractivity contribution in [1.82, 2.24) is 0 Å². The molecule has 0 saturated carbocycles. The third-order valence-electron chi connectivity index (χ3n) is 2.50. The number of nitrogens with zero attached hydrogens (tertiary/aromatic N) is 1. The molecule has 1 aromatic heterocycles. The second-order valence-electron chi connectivity index (χ2n) is 3.78. The molecule has 0 spiro atoms. The van der Waals surface area contributed by atoms with Crippen LogP contribution in [0, 0.1) is 0 Å². The minimum absolute atomic E-state index is 0.0540. The number of ether oxygens (including phenoxy) is 1. The van der Waals surface area contributed by atoms with Gasteiger partial charge in [-0.15, -0.1) is 0 Å².